The van der Waals surface area contributed by atoms with E-state index in [0.29, 0.717) is 18.7 Å². The molecule has 3 rings (SSSR count). The van der Waals surface area contributed by atoms with Gasteiger partial charge in [-0.2, -0.15) is 0 Å². The second-order valence-corrected chi connectivity index (χ2v) is 5.92. The van der Waals surface area contributed by atoms with Crippen LogP contribution in [0.5, 0.6) is 0 Å². The van der Waals surface area contributed by atoms with Crippen molar-refractivity contribution in [3.8, 4) is 0 Å². The summed E-state index contributed by atoms with van der Waals surface area (Å²) in [6, 6.07) is 0. The fourth-order valence-electron chi connectivity index (χ4n) is 4.02. The molecule has 6 heteroatoms. The van der Waals surface area contributed by atoms with Gasteiger partial charge in [0.05, 0.1) is 18.9 Å². The van der Waals surface area contributed by atoms with Crippen molar-refractivity contribution in [1.82, 2.24) is 4.90 Å². The Hall–Kier alpha value is -2.11. The number of aliphatic carboxylic acids is 1. The number of rotatable bonds is 4. The Bertz CT molecular complexity index is 606. The lowest BCUT2D eigenvalue weighted by Crippen LogP contribution is -2.42. The van der Waals surface area contributed by atoms with Gasteiger partial charge in [-0.1, -0.05) is 12.2 Å². The van der Waals surface area contributed by atoms with E-state index in [1.54, 1.807) is 11.8 Å². The predicted octanol–water partition coefficient (Wildman–Crippen LogP) is 1.48. The Balaban J connectivity index is 2.16. The molecule has 1 amide bonds. The van der Waals surface area contributed by atoms with Gasteiger partial charge in [-0.3, -0.25) is 14.4 Å². The largest absolute Gasteiger partial charge is 0.481 e. The van der Waals surface area contributed by atoms with E-state index < -0.39 is 23.3 Å². The lowest BCUT2D eigenvalue weighted by Gasteiger charge is -2.38. The Morgan fingerprint density at radius 1 is 1.50 bits per heavy atom. The normalized spacial score (nSPS) is 29.6. The van der Waals surface area contributed by atoms with Crippen LogP contribution < -0.4 is 0 Å². The fourth-order valence-corrected chi connectivity index (χ4v) is 4.02. The zero-order chi connectivity index (χ0) is 15.9. The summed E-state index contributed by atoms with van der Waals surface area (Å²) < 4.78 is 5.24. The van der Waals surface area contributed by atoms with Crippen LogP contribution in [0.1, 0.15) is 32.6 Å². The van der Waals surface area contributed by atoms with E-state index in [0.717, 1.165) is 18.4 Å². The smallest absolute Gasteiger partial charge is 0.318 e. The highest BCUT2D eigenvalue weighted by molar-refractivity contribution is 5.99. The summed E-state index contributed by atoms with van der Waals surface area (Å²) >= 11 is 0. The first-order valence-corrected chi connectivity index (χ1v) is 7.63. The first-order chi connectivity index (χ1) is 10.5. The van der Waals surface area contributed by atoms with Crippen LogP contribution in [0.15, 0.2) is 23.4 Å². The minimum Gasteiger partial charge on any atom is -0.481 e. The standard InChI is InChI=1S/C16H19NO5/c1-2-22-15(21)16-7-3-5-10-6-4-8-17(13(10)16)14(20)11(16)9-12(18)19/h4,6,11H,2-3,5,7-9H2,1H3,(H,18,19)/t11-,16-/m0/s1. The van der Waals surface area contributed by atoms with Crippen molar-refractivity contribution in [2.24, 2.45) is 11.3 Å². The van der Waals surface area contributed by atoms with Crippen molar-refractivity contribution in [2.75, 3.05) is 13.2 Å². The molecule has 3 aliphatic rings. The third kappa shape index (κ3) is 1.90. The highest BCUT2D eigenvalue weighted by Crippen LogP contribution is 2.56. The van der Waals surface area contributed by atoms with Gasteiger partial charge in [0.2, 0.25) is 5.91 Å². The quantitative estimate of drug-likeness (QED) is 0.795. The monoisotopic (exact) mass is 305 g/mol. The highest BCUT2D eigenvalue weighted by Gasteiger charge is 2.63. The van der Waals surface area contributed by atoms with Gasteiger partial charge in [-0.05, 0) is 31.8 Å². The van der Waals surface area contributed by atoms with E-state index in [2.05, 4.69) is 0 Å². The summed E-state index contributed by atoms with van der Waals surface area (Å²) in [6.45, 7) is 2.33. The number of carbonyl (C=O) groups is 3. The molecular weight excluding hydrogens is 286 g/mol. The van der Waals surface area contributed by atoms with Crippen molar-refractivity contribution < 1.29 is 24.2 Å². The SMILES string of the molecule is CCOC(=O)[C@]12CCCC3=C1N(CC=C3)C(=O)[C@@H]2CC(=O)O. The summed E-state index contributed by atoms with van der Waals surface area (Å²) in [5, 5.41) is 9.19. The summed E-state index contributed by atoms with van der Waals surface area (Å²) in [5.74, 6) is -2.66. The third-order valence-electron chi connectivity index (χ3n) is 4.80. The number of carboxylic acids is 1. The van der Waals surface area contributed by atoms with Crippen molar-refractivity contribution in [3.63, 3.8) is 0 Å². The second kappa shape index (κ2) is 5.26. The molecule has 2 aliphatic heterocycles. The maximum absolute atomic E-state index is 12.7. The Morgan fingerprint density at radius 2 is 2.27 bits per heavy atom. The van der Waals surface area contributed by atoms with Gasteiger partial charge in [0.1, 0.15) is 5.41 Å². The molecule has 0 aromatic heterocycles. The Labute approximate surface area is 128 Å². The molecule has 22 heavy (non-hydrogen) atoms. The van der Waals surface area contributed by atoms with Crippen molar-refractivity contribution in [3.05, 3.63) is 23.4 Å². The Kier molecular flexibility index (Phi) is 3.54. The number of carboxylic acid groups (broad SMARTS) is 1. The summed E-state index contributed by atoms with van der Waals surface area (Å²) in [7, 11) is 0. The van der Waals surface area contributed by atoms with Crippen molar-refractivity contribution in [1.29, 1.82) is 0 Å². The maximum atomic E-state index is 12.7. The molecule has 2 heterocycles. The number of nitrogens with zero attached hydrogens (tertiary/aromatic N) is 1. The summed E-state index contributed by atoms with van der Waals surface area (Å²) in [4.78, 5) is 38.3. The zero-order valence-corrected chi connectivity index (χ0v) is 12.5. The minimum atomic E-state index is -1.12. The number of allylic oxidation sites excluding steroid dienone is 2. The van der Waals surface area contributed by atoms with E-state index in [-0.39, 0.29) is 18.9 Å². The van der Waals surface area contributed by atoms with E-state index in [1.807, 2.05) is 12.2 Å². The van der Waals surface area contributed by atoms with E-state index in [9.17, 15) is 19.5 Å². The van der Waals surface area contributed by atoms with Gasteiger partial charge in [0.25, 0.3) is 0 Å². The van der Waals surface area contributed by atoms with Gasteiger partial charge in [0.15, 0.2) is 0 Å². The van der Waals surface area contributed by atoms with Crippen LogP contribution in [0.4, 0.5) is 0 Å². The number of hydrogen-bond donors (Lipinski definition) is 1. The van der Waals surface area contributed by atoms with Crippen LogP contribution in [0.25, 0.3) is 0 Å². The van der Waals surface area contributed by atoms with Gasteiger partial charge < -0.3 is 14.7 Å². The molecule has 1 saturated heterocycles. The van der Waals surface area contributed by atoms with E-state index >= 15 is 0 Å². The van der Waals surface area contributed by atoms with Crippen molar-refractivity contribution >= 4 is 17.8 Å². The van der Waals surface area contributed by atoms with Crippen LogP contribution in [0.2, 0.25) is 0 Å². The van der Waals surface area contributed by atoms with Crippen LogP contribution in [-0.2, 0) is 19.1 Å². The molecule has 0 saturated carbocycles. The number of ether oxygens (including phenoxy) is 1. The Morgan fingerprint density at radius 3 is 2.95 bits per heavy atom. The lowest BCUT2D eigenvalue weighted by atomic mass is 9.66. The molecule has 118 valence electrons. The molecule has 2 atom stereocenters. The third-order valence-corrected chi connectivity index (χ3v) is 4.80. The molecule has 0 spiro atoms. The molecule has 0 aromatic carbocycles. The molecule has 0 aromatic rings. The number of hydrogen-bond acceptors (Lipinski definition) is 4. The average molecular weight is 305 g/mol. The van der Waals surface area contributed by atoms with Crippen molar-refractivity contribution in [2.45, 2.75) is 32.6 Å². The van der Waals surface area contributed by atoms with Crippen LogP contribution in [0, 0.1) is 11.3 Å². The van der Waals surface area contributed by atoms with Crippen LogP contribution in [0.3, 0.4) is 0 Å². The van der Waals surface area contributed by atoms with Gasteiger partial charge in [-0.25, -0.2) is 0 Å². The maximum Gasteiger partial charge on any atom is 0.318 e. The topological polar surface area (TPSA) is 83.9 Å². The first kappa shape index (κ1) is 14.8. The molecule has 0 unspecified atom stereocenters. The fraction of sp³-hybridized carbons (Fsp3) is 0.562. The highest BCUT2D eigenvalue weighted by atomic mass is 16.5. The zero-order valence-electron chi connectivity index (χ0n) is 12.5. The minimum absolute atomic E-state index is 0.215. The number of esters is 1. The van der Waals surface area contributed by atoms with Gasteiger partial charge in [-0.15, -0.1) is 0 Å². The first-order valence-electron chi connectivity index (χ1n) is 7.63. The predicted molar refractivity (Wildman–Crippen MR) is 76.5 cm³/mol. The van der Waals surface area contributed by atoms with Crippen LogP contribution in [-0.4, -0.2) is 41.0 Å². The molecule has 6 nitrogen and oxygen atoms in total. The molecule has 1 fully saturated rings. The van der Waals surface area contributed by atoms with Crippen LogP contribution >= 0.6 is 0 Å². The molecule has 0 radical (unpaired) electrons. The number of amides is 1. The molecule has 0 bridgehead atoms. The second-order valence-electron chi connectivity index (χ2n) is 5.92. The summed E-state index contributed by atoms with van der Waals surface area (Å²) in [6.07, 6.45) is 5.52. The summed E-state index contributed by atoms with van der Waals surface area (Å²) in [5.41, 5.74) is 0.534. The molecule has 1 N–H and O–H groups in total. The lowest BCUT2D eigenvalue weighted by molar-refractivity contribution is -0.159. The average Bonchev–Trinajstić information content (AvgIpc) is 2.73. The number of carbonyl (C=O) groups excluding carboxylic acids is 2. The molecular formula is C16H19NO5. The van der Waals surface area contributed by atoms with E-state index in [4.69, 9.17) is 4.74 Å². The van der Waals surface area contributed by atoms with E-state index in [1.165, 1.54) is 0 Å². The van der Waals surface area contributed by atoms with Gasteiger partial charge in [0, 0.05) is 12.2 Å². The van der Waals surface area contributed by atoms with Gasteiger partial charge >= 0.3 is 11.9 Å². The molecule has 1 aliphatic carbocycles.